The van der Waals surface area contributed by atoms with Crippen LogP contribution < -0.4 is 5.32 Å². The number of methoxy groups -OCH3 is 1. The molecule has 0 radical (unpaired) electrons. The van der Waals surface area contributed by atoms with Crippen LogP contribution in [0.5, 0.6) is 0 Å². The highest BCUT2D eigenvalue weighted by Gasteiger charge is 2.35. The van der Waals surface area contributed by atoms with Crippen LogP contribution in [0.25, 0.3) is 0 Å². The van der Waals surface area contributed by atoms with E-state index in [0.29, 0.717) is 29.2 Å². The summed E-state index contributed by atoms with van der Waals surface area (Å²) in [5.41, 5.74) is 0. The second kappa shape index (κ2) is 7.70. The van der Waals surface area contributed by atoms with E-state index in [1.165, 1.54) is 24.2 Å². The molecule has 1 aromatic rings. The van der Waals surface area contributed by atoms with Gasteiger partial charge in [0.1, 0.15) is 0 Å². The van der Waals surface area contributed by atoms with Crippen molar-refractivity contribution < 1.29 is 9.53 Å². The smallest absolute Gasteiger partial charge is 0.285 e. The Labute approximate surface area is 129 Å². The summed E-state index contributed by atoms with van der Waals surface area (Å²) in [7, 11) is 1.65. The highest BCUT2D eigenvalue weighted by molar-refractivity contribution is 7.17. The molecule has 0 aromatic carbocycles. The number of aromatic nitrogens is 2. The highest BCUT2D eigenvalue weighted by atomic mass is 32.1. The number of carbonyl (C=O) groups is 1. The number of hydrogen-bond donors (Lipinski definition) is 1. The molecule has 1 atom stereocenters. The van der Waals surface area contributed by atoms with Crippen molar-refractivity contribution in [3.63, 3.8) is 0 Å². The highest BCUT2D eigenvalue weighted by Crippen LogP contribution is 2.35. The molecule has 1 aliphatic rings. The molecule has 118 valence electrons. The van der Waals surface area contributed by atoms with Crippen molar-refractivity contribution in [3.8, 4) is 0 Å². The predicted octanol–water partition coefficient (Wildman–Crippen LogP) is 2.25. The van der Waals surface area contributed by atoms with Gasteiger partial charge in [0.15, 0.2) is 0 Å². The first kappa shape index (κ1) is 16.2. The van der Waals surface area contributed by atoms with Gasteiger partial charge < -0.3 is 15.0 Å². The van der Waals surface area contributed by atoms with Crippen molar-refractivity contribution in [1.29, 1.82) is 0 Å². The lowest BCUT2D eigenvalue weighted by atomic mass is 10.2. The van der Waals surface area contributed by atoms with E-state index in [2.05, 4.69) is 29.4 Å². The molecule has 0 bridgehead atoms. The topological polar surface area (TPSA) is 67.4 Å². The van der Waals surface area contributed by atoms with Crippen LogP contribution >= 0.6 is 11.3 Å². The molecule has 0 spiro atoms. The third-order valence-electron chi connectivity index (χ3n) is 3.73. The largest absolute Gasteiger partial charge is 0.383 e. The van der Waals surface area contributed by atoms with Crippen molar-refractivity contribution >= 4 is 22.4 Å². The minimum atomic E-state index is -0.0338. The van der Waals surface area contributed by atoms with Gasteiger partial charge >= 0.3 is 0 Å². The molecular formula is C14H24N4O2S. The number of rotatable bonds is 9. The standard InChI is InChI=1S/C14H24N4O2S/c1-4-7-15-14-17-16-12(21-14)13(19)18(8-9-20-3)10(2)11-5-6-11/h10-11H,4-9H2,1-3H3,(H,15,17). The number of ether oxygens (including phenoxy) is 1. The van der Waals surface area contributed by atoms with Gasteiger partial charge in [-0.05, 0) is 32.1 Å². The van der Waals surface area contributed by atoms with E-state index in [9.17, 15) is 4.79 Å². The Morgan fingerprint density at radius 1 is 1.52 bits per heavy atom. The van der Waals surface area contributed by atoms with Gasteiger partial charge in [-0.15, -0.1) is 10.2 Å². The lowest BCUT2D eigenvalue weighted by molar-refractivity contribution is 0.0593. The summed E-state index contributed by atoms with van der Waals surface area (Å²) in [5, 5.41) is 12.4. The Kier molecular flexibility index (Phi) is 5.93. The summed E-state index contributed by atoms with van der Waals surface area (Å²) in [5.74, 6) is 0.588. The van der Waals surface area contributed by atoms with Crippen LogP contribution in [0.4, 0.5) is 5.13 Å². The van der Waals surface area contributed by atoms with E-state index in [1.807, 2.05) is 4.90 Å². The fourth-order valence-corrected chi connectivity index (χ4v) is 2.97. The van der Waals surface area contributed by atoms with Crippen LogP contribution in [0.1, 0.15) is 42.9 Å². The summed E-state index contributed by atoms with van der Waals surface area (Å²) in [4.78, 5) is 14.5. The van der Waals surface area contributed by atoms with Gasteiger partial charge in [0, 0.05) is 26.2 Å². The number of carbonyl (C=O) groups excluding carboxylic acids is 1. The summed E-state index contributed by atoms with van der Waals surface area (Å²) in [6.07, 6.45) is 3.43. The molecule has 1 unspecified atom stereocenters. The Morgan fingerprint density at radius 2 is 2.29 bits per heavy atom. The average Bonchev–Trinajstić information content (AvgIpc) is 3.23. The van der Waals surface area contributed by atoms with Crippen LogP contribution in [0.2, 0.25) is 0 Å². The van der Waals surface area contributed by atoms with Crippen molar-refractivity contribution in [2.45, 2.75) is 39.2 Å². The van der Waals surface area contributed by atoms with Crippen molar-refractivity contribution in [2.75, 3.05) is 32.1 Å². The van der Waals surface area contributed by atoms with E-state index in [4.69, 9.17) is 4.74 Å². The van der Waals surface area contributed by atoms with E-state index < -0.39 is 0 Å². The minimum absolute atomic E-state index is 0.0338. The van der Waals surface area contributed by atoms with Crippen LogP contribution in [-0.4, -0.2) is 53.9 Å². The fourth-order valence-electron chi connectivity index (χ4n) is 2.25. The Bertz CT molecular complexity index is 462. The second-order valence-electron chi connectivity index (χ2n) is 5.41. The summed E-state index contributed by atoms with van der Waals surface area (Å²) in [6.45, 7) is 6.19. The van der Waals surface area contributed by atoms with Crippen LogP contribution in [-0.2, 0) is 4.74 Å². The van der Waals surface area contributed by atoms with Gasteiger partial charge in [-0.3, -0.25) is 4.79 Å². The molecule has 7 heteroatoms. The maximum absolute atomic E-state index is 12.7. The van der Waals surface area contributed by atoms with Gasteiger partial charge in [-0.1, -0.05) is 18.3 Å². The molecule has 1 saturated carbocycles. The molecule has 1 amide bonds. The number of nitrogens with zero attached hydrogens (tertiary/aromatic N) is 3. The minimum Gasteiger partial charge on any atom is -0.383 e. The van der Waals surface area contributed by atoms with Gasteiger partial charge in [0.25, 0.3) is 5.91 Å². The zero-order valence-electron chi connectivity index (χ0n) is 13.0. The maximum atomic E-state index is 12.7. The fraction of sp³-hybridized carbons (Fsp3) is 0.786. The van der Waals surface area contributed by atoms with E-state index in [1.54, 1.807) is 7.11 Å². The van der Waals surface area contributed by atoms with Crippen LogP contribution in [0, 0.1) is 5.92 Å². The molecule has 2 rings (SSSR count). The SMILES string of the molecule is CCCNc1nnc(C(=O)N(CCOC)C(C)C2CC2)s1. The molecular weight excluding hydrogens is 288 g/mol. The first-order valence-electron chi connectivity index (χ1n) is 7.54. The molecule has 1 N–H and O–H groups in total. The molecule has 1 aromatic heterocycles. The molecule has 6 nitrogen and oxygen atoms in total. The normalized spacial score (nSPS) is 15.8. The number of anilines is 1. The second-order valence-corrected chi connectivity index (χ2v) is 6.39. The summed E-state index contributed by atoms with van der Waals surface area (Å²) in [6, 6.07) is 0.239. The van der Waals surface area contributed by atoms with Crippen molar-refractivity contribution in [1.82, 2.24) is 15.1 Å². The van der Waals surface area contributed by atoms with Crippen molar-refractivity contribution in [2.24, 2.45) is 5.92 Å². The number of amides is 1. The quantitative estimate of drug-likeness (QED) is 0.757. The molecule has 0 saturated heterocycles. The first-order chi connectivity index (χ1) is 10.2. The number of hydrogen-bond acceptors (Lipinski definition) is 6. The molecule has 0 aliphatic heterocycles. The monoisotopic (exact) mass is 312 g/mol. The van der Waals surface area contributed by atoms with Gasteiger partial charge in [-0.2, -0.15) is 0 Å². The Hall–Kier alpha value is -1.21. The Balaban J connectivity index is 2.03. The zero-order chi connectivity index (χ0) is 15.2. The Morgan fingerprint density at radius 3 is 2.90 bits per heavy atom. The van der Waals surface area contributed by atoms with Crippen molar-refractivity contribution in [3.05, 3.63) is 5.01 Å². The first-order valence-corrected chi connectivity index (χ1v) is 8.36. The summed E-state index contributed by atoms with van der Waals surface area (Å²) < 4.78 is 5.13. The van der Waals surface area contributed by atoms with Crippen LogP contribution in [0.15, 0.2) is 0 Å². The van der Waals surface area contributed by atoms with Gasteiger partial charge in [0.2, 0.25) is 10.1 Å². The third kappa shape index (κ3) is 4.38. The third-order valence-corrected chi connectivity index (χ3v) is 4.60. The van der Waals surface area contributed by atoms with E-state index >= 15 is 0 Å². The maximum Gasteiger partial charge on any atom is 0.285 e. The van der Waals surface area contributed by atoms with E-state index in [-0.39, 0.29) is 11.9 Å². The van der Waals surface area contributed by atoms with Crippen LogP contribution in [0.3, 0.4) is 0 Å². The zero-order valence-corrected chi connectivity index (χ0v) is 13.8. The summed E-state index contributed by atoms with van der Waals surface area (Å²) >= 11 is 1.33. The number of nitrogens with one attached hydrogen (secondary N) is 1. The van der Waals surface area contributed by atoms with Gasteiger partial charge in [-0.25, -0.2) is 0 Å². The van der Waals surface area contributed by atoms with E-state index in [0.717, 1.165) is 13.0 Å². The molecule has 1 aliphatic carbocycles. The lowest BCUT2D eigenvalue weighted by Crippen LogP contribution is -2.42. The predicted molar refractivity (Wildman–Crippen MR) is 83.8 cm³/mol. The van der Waals surface area contributed by atoms with Gasteiger partial charge in [0.05, 0.1) is 6.61 Å². The molecule has 1 heterocycles. The average molecular weight is 312 g/mol. The molecule has 21 heavy (non-hydrogen) atoms. The molecule has 1 fully saturated rings. The lowest BCUT2D eigenvalue weighted by Gasteiger charge is -2.28.